The molecule has 1 saturated heterocycles. The number of hydrogen-bond acceptors (Lipinski definition) is 3. The lowest BCUT2D eigenvalue weighted by atomic mass is 9.94. The second-order valence-electron chi connectivity index (χ2n) is 7.77. The van der Waals surface area contributed by atoms with Crippen molar-refractivity contribution in [3.8, 4) is 0 Å². The van der Waals surface area contributed by atoms with E-state index in [2.05, 4.69) is 5.32 Å². The van der Waals surface area contributed by atoms with E-state index in [0.717, 1.165) is 31.2 Å². The molecule has 0 atom stereocenters. The zero-order valence-corrected chi connectivity index (χ0v) is 14.9. The fraction of sp³-hybridized carbons (Fsp3) is 0.579. The summed E-state index contributed by atoms with van der Waals surface area (Å²) in [4.78, 5) is 25.4. The molecule has 2 N–H and O–H groups in total. The standard InChI is InChI=1S/C19H26N2O4/c1-18(2)12-21(13-19(25-18)9-3-4-10-19)17(24)20-11-14-5-7-15(8-6-14)16(22)23/h5-8H,3-4,9-13H2,1-2H3,(H,20,24)(H,22,23). The van der Waals surface area contributed by atoms with Crippen LogP contribution in [-0.4, -0.2) is 46.3 Å². The van der Waals surface area contributed by atoms with Gasteiger partial charge in [-0.15, -0.1) is 0 Å². The van der Waals surface area contributed by atoms with Gasteiger partial charge in [0, 0.05) is 6.54 Å². The summed E-state index contributed by atoms with van der Waals surface area (Å²) in [6.07, 6.45) is 4.33. The SMILES string of the molecule is CC1(C)CN(C(=O)NCc2ccc(C(=O)O)cc2)CC2(CCCC2)O1. The summed E-state index contributed by atoms with van der Waals surface area (Å²) >= 11 is 0. The number of urea groups is 1. The average molecular weight is 346 g/mol. The number of carboxylic acids is 1. The van der Waals surface area contributed by atoms with Gasteiger partial charge in [-0.05, 0) is 44.4 Å². The summed E-state index contributed by atoms with van der Waals surface area (Å²) in [5, 5.41) is 11.9. The Morgan fingerprint density at radius 1 is 1.16 bits per heavy atom. The first kappa shape index (κ1) is 17.7. The van der Waals surface area contributed by atoms with Gasteiger partial charge >= 0.3 is 12.0 Å². The number of morpholine rings is 1. The van der Waals surface area contributed by atoms with E-state index in [1.165, 1.54) is 0 Å². The maximum atomic E-state index is 12.6. The molecule has 0 radical (unpaired) electrons. The zero-order chi connectivity index (χ0) is 18.1. The van der Waals surface area contributed by atoms with E-state index >= 15 is 0 Å². The third kappa shape index (κ3) is 4.12. The van der Waals surface area contributed by atoms with Gasteiger partial charge in [0.2, 0.25) is 0 Å². The molecule has 2 aliphatic rings. The number of amides is 2. The molecule has 0 unspecified atom stereocenters. The van der Waals surface area contributed by atoms with Crippen molar-refractivity contribution in [1.29, 1.82) is 0 Å². The minimum Gasteiger partial charge on any atom is -0.478 e. The number of carbonyl (C=O) groups is 2. The Hall–Kier alpha value is -2.08. The lowest BCUT2D eigenvalue weighted by Gasteiger charge is -2.48. The van der Waals surface area contributed by atoms with Crippen LogP contribution in [0, 0.1) is 0 Å². The van der Waals surface area contributed by atoms with Gasteiger partial charge in [0.15, 0.2) is 0 Å². The molecule has 6 heteroatoms. The van der Waals surface area contributed by atoms with Gasteiger partial charge < -0.3 is 20.1 Å². The van der Waals surface area contributed by atoms with Gasteiger partial charge in [-0.25, -0.2) is 9.59 Å². The first-order valence-electron chi connectivity index (χ1n) is 8.84. The van der Waals surface area contributed by atoms with Crippen molar-refractivity contribution in [3.05, 3.63) is 35.4 Å². The number of carboxylic acid groups (broad SMARTS) is 1. The van der Waals surface area contributed by atoms with Crippen LogP contribution in [0.3, 0.4) is 0 Å². The smallest absolute Gasteiger partial charge is 0.335 e. The molecule has 2 fully saturated rings. The number of benzene rings is 1. The quantitative estimate of drug-likeness (QED) is 0.882. The Balaban J connectivity index is 1.61. The van der Waals surface area contributed by atoms with Gasteiger partial charge in [-0.2, -0.15) is 0 Å². The van der Waals surface area contributed by atoms with E-state index in [-0.39, 0.29) is 22.8 Å². The van der Waals surface area contributed by atoms with Crippen molar-refractivity contribution in [2.75, 3.05) is 13.1 Å². The van der Waals surface area contributed by atoms with Crippen LogP contribution in [0.1, 0.15) is 55.5 Å². The summed E-state index contributed by atoms with van der Waals surface area (Å²) in [5.74, 6) is -0.951. The van der Waals surface area contributed by atoms with E-state index in [9.17, 15) is 9.59 Å². The van der Waals surface area contributed by atoms with E-state index < -0.39 is 5.97 Å². The van der Waals surface area contributed by atoms with E-state index in [0.29, 0.717) is 19.6 Å². The molecule has 136 valence electrons. The summed E-state index contributed by atoms with van der Waals surface area (Å²) in [7, 11) is 0. The summed E-state index contributed by atoms with van der Waals surface area (Å²) < 4.78 is 6.32. The van der Waals surface area contributed by atoms with Gasteiger partial charge in [0.05, 0.1) is 29.9 Å². The van der Waals surface area contributed by atoms with Crippen molar-refractivity contribution >= 4 is 12.0 Å². The number of nitrogens with zero attached hydrogens (tertiary/aromatic N) is 1. The van der Waals surface area contributed by atoms with Crippen molar-refractivity contribution in [2.24, 2.45) is 0 Å². The van der Waals surface area contributed by atoms with Crippen LogP contribution in [0.2, 0.25) is 0 Å². The van der Waals surface area contributed by atoms with Crippen molar-refractivity contribution in [1.82, 2.24) is 10.2 Å². The van der Waals surface area contributed by atoms with Crippen LogP contribution in [0.5, 0.6) is 0 Å². The molecule has 1 aliphatic carbocycles. The molecule has 6 nitrogen and oxygen atoms in total. The predicted molar refractivity (Wildman–Crippen MR) is 93.6 cm³/mol. The van der Waals surface area contributed by atoms with Crippen molar-refractivity contribution in [2.45, 2.75) is 57.3 Å². The maximum absolute atomic E-state index is 12.6. The van der Waals surface area contributed by atoms with Crippen LogP contribution in [-0.2, 0) is 11.3 Å². The monoisotopic (exact) mass is 346 g/mol. The first-order valence-corrected chi connectivity index (χ1v) is 8.84. The van der Waals surface area contributed by atoms with Gasteiger partial charge in [0.1, 0.15) is 0 Å². The van der Waals surface area contributed by atoms with Crippen LogP contribution < -0.4 is 5.32 Å². The fourth-order valence-corrected chi connectivity index (χ4v) is 3.99. The van der Waals surface area contributed by atoms with E-state index in [1.54, 1.807) is 24.3 Å². The molecule has 1 aromatic rings. The number of ether oxygens (including phenoxy) is 1. The minimum atomic E-state index is -0.951. The van der Waals surface area contributed by atoms with E-state index in [1.807, 2.05) is 18.7 Å². The number of carbonyl (C=O) groups excluding carboxylic acids is 1. The largest absolute Gasteiger partial charge is 0.478 e. The Kier molecular flexibility index (Phi) is 4.73. The fourth-order valence-electron chi connectivity index (χ4n) is 3.99. The molecule has 25 heavy (non-hydrogen) atoms. The third-order valence-corrected chi connectivity index (χ3v) is 4.99. The number of rotatable bonds is 3. The molecule has 0 aromatic heterocycles. The van der Waals surface area contributed by atoms with E-state index in [4.69, 9.17) is 9.84 Å². The lowest BCUT2D eigenvalue weighted by Crippen LogP contribution is -2.61. The third-order valence-electron chi connectivity index (χ3n) is 4.99. The molecule has 1 spiro atoms. The highest BCUT2D eigenvalue weighted by molar-refractivity contribution is 5.87. The molecule has 1 saturated carbocycles. The number of nitrogens with one attached hydrogen (secondary N) is 1. The zero-order valence-electron chi connectivity index (χ0n) is 14.9. The highest BCUT2D eigenvalue weighted by atomic mass is 16.5. The van der Waals surface area contributed by atoms with Crippen LogP contribution in [0.15, 0.2) is 24.3 Å². The van der Waals surface area contributed by atoms with Gasteiger partial charge in [0.25, 0.3) is 0 Å². The summed E-state index contributed by atoms with van der Waals surface area (Å²) in [6.45, 7) is 5.66. The molecular formula is C19H26N2O4. The van der Waals surface area contributed by atoms with Crippen LogP contribution in [0.4, 0.5) is 4.79 Å². The second-order valence-corrected chi connectivity index (χ2v) is 7.77. The molecule has 3 rings (SSSR count). The van der Waals surface area contributed by atoms with Crippen LogP contribution >= 0.6 is 0 Å². The second kappa shape index (κ2) is 6.67. The normalized spacial score (nSPS) is 21.3. The van der Waals surface area contributed by atoms with Gasteiger partial charge in [-0.3, -0.25) is 0 Å². The molecule has 1 aromatic carbocycles. The minimum absolute atomic E-state index is 0.0926. The number of hydrogen-bond donors (Lipinski definition) is 2. The Bertz CT molecular complexity index is 648. The Morgan fingerprint density at radius 3 is 2.40 bits per heavy atom. The lowest BCUT2D eigenvalue weighted by molar-refractivity contribution is -0.184. The number of aromatic carboxylic acids is 1. The van der Waals surface area contributed by atoms with Gasteiger partial charge in [-0.1, -0.05) is 25.0 Å². The molecule has 2 amide bonds. The first-order chi connectivity index (χ1) is 11.8. The Morgan fingerprint density at radius 2 is 1.80 bits per heavy atom. The summed E-state index contributed by atoms with van der Waals surface area (Å²) in [6, 6.07) is 6.46. The average Bonchev–Trinajstić information content (AvgIpc) is 2.98. The van der Waals surface area contributed by atoms with Crippen molar-refractivity contribution in [3.63, 3.8) is 0 Å². The van der Waals surface area contributed by atoms with Crippen molar-refractivity contribution < 1.29 is 19.4 Å². The highest BCUT2D eigenvalue weighted by Gasteiger charge is 2.47. The summed E-state index contributed by atoms with van der Waals surface area (Å²) in [5.41, 5.74) is 0.584. The molecule has 0 bridgehead atoms. The molecular weight excluding hydrogens is 320 g/mol. The predicted octanol–water partition coefficient (Wildman–Crippen LogP) is 3.02. The molecule has 1 heterocycles. The Labute approximate surface area is 148 Å². The molecule has 1 aliphatic heterocycles. The topological polar surface area (TPSA) is 78.9 Å². The highest BCUT2D eigenvalue weighted by Crippen LogP contribution is 2.40. The van der Waals surface area contributed by atoms with Crippen LogP contribution in [0.25, 0.3) is 0 Å². The maximum Gasteiger partial charge on any atom is 0.335 e.